The second kappa shape index (κ2) is 5.75. The van der Waals surface area contributed by atoms with Crippen LogP contribution in [0.3, 0.4) is 0 Å². The molecule has 1 aromatic carbocycles. The fourth-order valence-corrected chi connectivity index (χ4v) is 1.55. The highest BCUT2D eigenvalue weighted by Crippen LogP contribution is 2.21. The van der Waals surface area contributed by atoms with Crippen LogP contribution in [0, 0.1) is 0 Å². The molecule has 1 aromatic rings. The zero-order valence-corrected chi connectivity index (χ0v) is 10.5. The summed E-state index contributed by atoms with van der Waals surface area (Å²) in [6, 6.07) is 7.72. The van der Waals surface area contributed by atoms with Gasteiger partial charge in [-0.2, -0.15) is 0 Å². The molecule has 0 heterocycles. The fourth-order valence-electron chi connectivity index (χ4n) is 1.55. The molecule has 90 valence electrons. The Kier molecular flexibility index (Phi) is 4.62. The van der Waals surface area contributed by atoms with E-state index in [2.05, 4.69) is 19.2 Å². The van der Waals surface area contributed by atoms with Crippen LogP contribution in [0.4, 0.5) is 0 Å². The van der Waals surface area contributed by atoms with Crippen LogP contribution in [-0.2, 0) is 0 Å². The molecule has 0 saturated carbocycles. The Morgan fingerprint density at radius 1 is 1.12 bits per heavy atom. The zero-order chi connectivity index (χ0) is 12.0. The Hall–Kier alpha value is -1.22. The van der Waals surface area contributed by atoms with Crippen molar-refractivity contribution in [1.82, 2.24) is 5.32 Å². The van der Waals surface area contributed by atoms with Crippen LogP contribution in [0.1, 0.15) is 20.8 Å². The Morgan fingerprint density at radius 3 is 2.19 bits per heavy atom. The van der Waals surface area contributed by atoms with Crippen molar-refractivity contribution in [2.24, 2.45) is 0 Å². The van der Waals surface area contributed by atoms with Gasteiger partial charge in [0.25, 0.3) is 0 Å². The average Bonchev–Trinajstić information content (AvgIpc) is 2.21. The van der Waals surface area contributed by atoms with Gasteiger partial charge in [-0.3, -0.25) is 0 Å². The van der Waals surface area contributed by atoms with Crippen LogP contribution < -0.4 is 14.8 Å². The molecule has 0 aliphatic heterocycles. The number of nitrogens with one attached hydrogen (secondary N) is 1. The zero-order valence-electron chi connectivity index (χ0n) is 10.5. The minimum Gasteiger partial charge on any atom is -0.494 e. The van der Waals surface area contributed by atoms with Crippen LogP contribution in [0.5, 0.6) is 11.5 Å². The Bertz CT molecular complexity index is 306. The molecule has 0 radical (unpaired) electrons. The van der Waals surface area contributed by atoms with Gasteiger partial charge in [-0.25, -0.2) is 0 Å². The molecule has 0 unspecified atom stereocenters. The maximum absolute atomic E-state index is 5.86. The minimum atomic E-state index is -0.206. The predicted molar refractivity (Wildman–Crippen MR) is 66.2 cm³/mol. The molecule has 3 nitrogen and oxygen atoms in total. The number of hydrogen-bond donors (Lipinski definition) is 1. The lowest BCUT2D eigenvalue weighted by molar-refractivity contribution is 0.110. The Balaban J connectivity index is 2.61. The number of hydrogen-bond acceptors (Lipinski definition) is 3. The summed E-state index contributed by atoms with van der Waals surface area (Å²) in [5, 5.41) is 3.11. The second-order valence-electron chi connectivity index (χ2n) is 4.30. The van der Waals surface area contributed by atoms with Crippen molar-refractivity contribution in [3.8, 4) is 11.5 Å². The van der Waals surface area contributed by atoms with E-state index in [9.17, 15) is 0 Å². The first-order valence-corrected chi connectivity index (χ1v) is 5.64. The van der Waals surface area contributed by atoms with Gasteiger partial charge in [0.05, 0.1) is 6.61 Å². The lowest BCUT2D eigenvalue weighted by Crippen LogP contribution is -2.38. The summed E-state index contributed by atoms with van der Waals surface area (Å²) in [4.78, 5) is 0. The van der Waals surface area contributed by atoms with Crippen molar-refractivity contribution in [3.63, 3.8) is 0 Å². The number of ether oxygens (including phenoxy) is 2. The molecular weight excluding hydrogens is 202 g/mol. The fraction of sp³-hybridized carbons (Fsp3) is 0.538. The van der Waals surface area contributed by atoms with Crippen molar-refractivity contribution < 1.29 is 9.47 Å². The molecule has 0 aliphatic carbocycles. The van der Waals surface area contributed by atoms with Gasteiger partial charge < -0.3 is 14.8 Å². The SMILES string of the molecule is CCOc1ccc(OC(C)(C)CNC)cc1. The van der Waals surface area contributed by atoms with E-state index in [1.807, 2.05) is 38.2 Å². The number of rotatable bonds is 6. The largest absolute Gasteiger partial charge is 0.494 e. The van der Waals surface area contributed by atoms with Gasteiger partial charge in [0, 0.05) is 6.54 Å². The van der Waals surface area contributed by atoms with Gasteiger partial charge >= 0.3 is 0 Å². The number of likely N-dealkylation sites (N-methyl/N-ethyl adjacent to an activating group) is 1. The van der Waals surface area contributed by atoms with E-state index in [1.165, 1.54) is 0 Å². The van der Waals surface area contributed by atoms with Crippen molar-refractivity contribution in [3.05, 3.63) is 24.3 Å². The molecule has 0 aliphatic rings. The normalized spacial score (nSPS) is 11.2. The summed E-state index contributed by atoms with van der Waals surface area (Å²) in [7, 11) is 1.92. The van der Waals surface area contributed by atoms with Gasteiger partial charge in [-0.15, -0.1) is 0 Å². The topological polar surface area (TPSA) is 30.5 Å². The average molecular weight is 223 g/mol. The van der Waals surface area contributed by atoms with E-state index >= 15 is 0 Å². The third kappa shape index (κ3) is 4.11. The van der Waals surface area contributed by atoms with E-state index in [-0.39, 0.29) is 5.60 Å². The molecule has 0 bridgehead atoms. The lowest BCUT2D eigenvalue weighted by Gasteiger charge is -2.26. The van der Waals surface area contributed by atoms with Crippen LogP contribution in [0.15, 0.2) is 24.3 Å². The molecule has 1 rings (SSSR count). The minimum absolute atomic E-state index is 0.206. The van der Waals surface area contributed by atoms with Crippen LogP contribution in [0.2, 0.25) is 0 Å². The van der Waals surface area contributed by atoms with Crippen molar-refractivity contribution in [2.45, 2.75) is 26.4 Å². The van der Waals surface area contributed by atoms with E-state index in [0.717, 1.165) is 18.0 Å². The molecule has 0 saturated heterocycles. The van der Waals surface area contributed by atoms with Gasteiger partial charge in [-0.1, -0.05) is 0 Å². The second-order valence-corrected chi connectivity index (χ2v) is 4.30. The Labute approximate surface area is 97.8 Å². The van der Waals surface area contributed by atoms with Gasteiger partial charge in [0.2, 0.25) is 0 Å². The molecule has 1 N–H and O–H groups in total. The molecule has 0 fully saturated rings. The van der Waals surface area contributed by atoms with Crippen LogP contribution in [-0.4, -0.2) is 25.8 Å². The van der Waals surface area contributed by atoms with Crippen LogP contribution >= 0.6 is 0 Å². The molecule has 0 aromatic heterocycles. The summed E-state index contributed by atoms with van der Waals surface area (Å²) in [6.07, 6.45) is 0. The molecule has 3 heteroatoms. The Morgan fingerprint density at radius 2 is 1.69 bits per heavy atom. The molecule has 0 atom stereocenters. The highest BCUT2D eigenvalue weighted by atomic mass is 16.5. The maximum atomic E-state index is 5.86. The molecule has 0 spiro atoms. The standard InChI is InChI=1S/C13H21NO2/c1-5-15-11-6-8-12(9-7-11)16-13(2,3)10-14-4/h6-9,14H,5,10H2,1-4H3. The first-order valence-electron chi connectivity index (χ1n) is 5.64. The third-order valence-corrected chi connectivity index (χ3v) is 2.13. The van der Waals surface area contributed by atoms with Gasteiger partial charge in [0.1, 0.15) is 17.1 Å². The van der Waals surface area contributed by atoms with Gasteiger partial charge in [0.15, 0.2) is 0 Å². The highest BCUT2D eigenvalue weighted by Gasteiger charge is 2.18. The lowest BCUT2D eigenvalue weighted by atomic mass is 10.1. The molecule has 16 heavy (non-hydrogen) atoms. The van der Waals surface area contributed by atoms with E-state index < -0.39 is 0 Å². The van der Waals surface area contributed by atoms with Crippen LogP contribution in [0.25, 0.3) is 0 Å². The monoisotopic (exact) mass is 223 g/mol. The first-order chi connectivity index (χ1) is 7.57. The van der Waals surface area contributed by atoms with E-state index in [4.69, 9.17) is 9.47 Å². The smallest absolute Gasteiger partial charge is 0.120 e. The summed E-state index contributed by atoms with van der Waals surface area (Å²) in [6.45, 7) is 7.58. The maximum Gasteiger partial charge on any atom is 0.120 e. The van der Waals surface area contributed by atoms with E-state index in [0.29, 0.717) is 6.61 Å². The summed E-state index contributed by atoms with van der Waals surface area (Å²) < 4.78 is 11.2. The van der Waals surface area contributed by atoms with E-state index in [1.54, 1.807) is 0 Å². The summed E-state index contributed by atoms with van der Waals surface area (Å²) in [5.74, 6) is 1.74. The molecule has 0 amide bonds. The highest BCUT2D eigenvalue weighted by molar-refractivity contribution is 5.31. The third-order valence-electron chi connectivity index (χ3n) is 2.13. The summed E-state index contributed by atoms with van der Waals surface area (Å²) in [5.41, 5.74) is -0.206. The number of benzene rings is 1. The first kappa shape index (κ1) is 12.8. The van der Waals surface area contributed by atoms with Crippen molar-refractivity contribution >= 4 is 0 Å². The predicted octanol–water partition coefficient (Wildman–Crippen LogP) is 2.46. The summed E-state index contributed by atoms with van der Waals surface area (Å²) >= 11 is 0. The van der Waals surface area contributed by atoms with Crippen molar-refractivity contribution in [1.29, 1.82) is 0 Å². The van der Waals surface area contributed by atoms with Gasteiger partial charge in [-0.05, 0) is 52.1 Å². The van der Waals surface area contributed by atoms with Crippen molar-refractivity contribution in [2.75, 3.05) is 20.2 Å². The quantitative estimate of drug-likeness (QED) is 0.803. The molecular formula is C13H21NO2.